The molecule has 1 aromatic carbocycles. The smallest absolute Gasteiger partial charge is 0.243 e. The first-order valence-corrected chi connectivity index (χ1v) is 6.23. The minimum absolute atomic E-state index is 0.0293. The molecule has 1 fully saturated rings. The first kappa shape index (κ1) is 12.9. The summed E-state index contributed by atoms with van der Waals surface area (Å²) in [6, 6.07) is 6.98. The highest BCUT2D eigenvalue weighted by atomic mass is 35.5. The average Bonchev–Trinajstić information content (AvgIpc) is 2.69. The van der Waals surface area contributed by atoms with Crippen molar-refractivity contribution in [2.24, 2.45) is 0 Å². The summed E-state index contributed by atoms with van der Waals surface area (Å²) < 4.78 is 0. The highest BCUT2D eigenvalue weighted by molar-refractivity contribution is 6.30. The van der Waals surface area contributed by atoms with E-state index in [-0.39, 0.29) is 17.9 Å². The Bertz CT molecular complexity index is 459. The molecule has 1 saturated heterocycles. The van der Waals surface area contributed by atoms with Gasteiger partial charge in [0.1, 0.15) is 6.04 Å². The number of likely N-dealkylation sites (N-methyl/N-ethyl adjacent to an activating group) is 1. The minimum atomic E-state index is -0.329. The van der Waals surface area contributed by atoms with Gasteiger partial charge in [-0.25, -0.2) is 0 Å². The molecule has 0 aliphatic carbocycles. The Morgan fingerprint density at radius 2 is 2.11 bits per heavy atom. The number of carbonyl (C=O) groups is 2. The minimum Gasteiger partial charge on any atom is -0.350 e. The molecule has 1 atom stereocenters. The van der Waals surface area contributed by atoms with E-state index in [1.165, 1.54) is 4.90 Å². The van der Waals surface area contributed by atoms with Crippen LogP contribution in [0.1, 0.15) is 18.4 Å². The second kappa shape index (κ2) is 5.40. The molecule has 0 saturated carbocycles. The molecule has 0 aromatic heterocycles. The summed E-state index contributed by atoms with van der Waals surface area (Å²) in [5.41, 5.74) is 0.986. The standard InChI is InChI=1S/C13H15ClN2O2/c1-16-11(6-7-12(16)17)13(18)15-8-9-2-4-10(14)5-3-9/h2-5,11H,6-8H2,1H3,(H,15,18). The molecule has 0 spiro atoms. The van der Waals surface area contributed by atoms with Crippen LogP contribution in [0.2, 0.25) is 5.02 Å². The lowest BCUT2D eigenvalue weighted by Gasteiger charge is -2.19. The van der Waals surface area contributed by atoms with Gasteiger partial charge in [-0.05, 0) is 24.1 Å². The van der Waals surface area contributed by atoms with Crippen LogP contribution in [0, 0.1) is 0 Å². The zero-order valence-electron chi connectivity index (χ0n) is 10.1. The number of likely N-dealkylation sites (tertiary alicyclic amines) is 1. The number of hydrogen-bond acceptors (Lipinski definition) is 2. The van der Waals surface area contributed by atoms with Crippen molar-refractivity contribution >= 4 is 23.4 Å². The van der Waals surface area contributed by atoms with Crippen molar-refractivity contribution in [3.8, 4) is 0 Å². The summed E-state index contributed by atoms with van der Waals surface area (Å²) in [5.74, 6) is -0.0695. The van der Waals surface area contributed by atoms with Crippen LogP contribution in [0.25, 0.3) is 0 Å². The molecule has 1 N–H and O–H groups in total. The Kier molecular flexibility index (Phi) is 3.87. The second-order valence-corrected chi connectivity index (χ2v) is 4.84. The summed E-state index contributed by atoms with van der Waals surface area (Å²) in [5, 5.41) is 3.51. The summed E-state index contributed by atoms with van der Waals surface area (Å²) in [4.78, 5) is 24.8. The van der Waals surface area contributed by atoms with Crippen molar-refractivity contribution in [1.82, 2.24) is 10.2 Å². The van der Waals surface area contributed by atoms with Gasteiger partial charge in [0.15, 0.2) is 0 Å². The lowest BCUT2D eigenvalue weighted by atomic mass is 10.2. The van der Waals surface area contributed by atoms with Gasteiger partial charge in [-0.2, -0.15) is 0 Å². The number of nitrogens with zero attached hydrogens (tertiary/aromatic N) is 1. The van der Waals surface area contributed by atoms with Crippen LogP contribution in [-0.4, -0.2) is 29.8 Å². The number of benzene rings is 1. The van der Waals surface area contributed by atoms with E-state index in [1.807, 2.05) is 12.1 Å². The third kappa shape index (κ3) is 2.82. The third-order valence-electron chi connectivity index (χ3n) is 3.18. The molecule has 96 valence electrons. The van der Waals surface area contributed by atoms with Crippen LogP contribution in [0.5, 0.6) is 0 Å². The van der Waals surface area contributed by atoms with E-state index < -0.39 is 0 Å². The third-order valence-corrected chi connectivity index (χ3v) is 3.43. The maximum Gasteiger partial charge on any atom is 0.243 e. The van der Waals surface area contributed by atoms with Gasteiger partial charge < -0.3 is 10.2 Å². The molecule has 1 aromatic rings. The van der Waals surface area contributed by atoms with Gasteiger partial charge in [0.2, 0.25) is 11.8 Å². The first-order valence-electron chi connectivity index (χ1n) is 5.86. The fourth-order valence-electron chi connectivity index (χ4n) is 2.02. The van der Waals surface area contributed by atoms with E-state index in [9.17, 15) is 9.59 Å². The Balaban J connectivity index is 1.89. The fraction of sp³-hybridized carbons (Fsp3) is 0.385. The van der Waals surface area contributed by atoms with E-state index in [2.05, 4.69) is 5.32 Å². The molecule has 1 aliphatic rings. The molecular formula is C13H15ClN2O2. The molecule has 2 amide bonds. The summed E-state index contributed by atoms with van der Waals surface area (Å²) >= 11 is 5.78. The molecule has 18 heavy (non-hydrogen) atoms. The van der Waals surface area contributed by atoms with E-state index >= 15 is 0 Å². The Hall–Kier alpha value is -1.55. The van der Waals surface area contributed by atoms with E-state index in [1.54, 1.807) is 19.2 Å². The van der Waals surface area contributed by atoms with Gasteiger partial charge in [0.25, 0.3) is 0 Å². The van der Waals surface area contributed by atoms with Crippen molar-refractivity contribution in [3.05, 3.63) is 34.9 Å². The molecule has 1 unspecified atom stereocenters. The van der Waals surface area contributed by atoms with Gasteiger partial charge >= 0.3 is 0 Å². The van der Waals surface area contributed by atoms with Gasteiger partial charge in [-0.15, -0.1) is 0 Å². The van der Waals surface area contributed by atoms with Crippen LogP contribution in [0.4, 0.5) is 0 Å². The van der Waals surface area contributed by atoms with Crippen molar-refractivity contribution in [3.63, 3.8) is 0 Å². The van der Waals surface area contributed by atoms with Crippen LogP contribution in [0.3, 0.4) is 0 Å². The van der Waals surface area contributed by atoms with Crippen molar-refractivity contribution < 1.29 is 9.59 Å². The average molecular weight is 267 g/mol. The zero-order valence-corrected chi connectivity index (χ0v) is 10.9. The van der Waals surface area contributed by atoms with E-state index in [0.717, 1.165) is 5.56 Å². The van der Waals surface area contributed by atoms with Crippen molar-refractivity contribution in [1.29, 1.82) is 0 Å². The van der Waals surface area contributed by atoms with Crippen LogP contribution in [-0.2, 0) is 16.1 Å². The molecule has 0 bridgehead atoms. The van der Waals surface area contributed by atoms with Crippen LogP contribution < -0.4 is 5.32 Å². The molecule has 1 aliphatic heterocycles. The maximum absolute atomic E-state index is 11.9. The summed E-state index contributed by atoms with van der Waals surface area (Å²) in [7, 11) is 1.67. The van der Waals surface area contributed by atoms with Crippen molar-refractivity contribution in [2.75, 3.05) is 7.05 Å². The predicted molar refractivity (Wildman–Crippen MR) is 69.1 cm³/mol. The molecule has 4 nitrogen and oxygen atoms in total. The largest absolute Gasteiger partial charge is 0.350 e. The van der Waals surface area contributed by atoms with Gasteiger partial charge in [-0.1, -0.05) is 23.7 Å². The lowest BCUT2D eigenvalue weighted by molar-refractivity contribution is -0.133. The molecule has 2 rings (SSSR count). The quantitative estimate of drug-likeness (QED) is 0.903. The van der Waals surface area contributed by atoms with E-state index in [0.29, 0.717) is 24.4 Å². The monoisotopic (exact) mass is 266 g/mol. The lowest BCUT2D eigenvalue weighted by Crippen LogP contribution is -2.42. The fourth-order valence-corrected chi connectivity index (χ4v) is 2.15. The van der Waals surface area contributed by atoms with E-state index in [4.69, 9.17) is 11.6 Å². The van der Waals surface area contributed by atoms with Gasteiger partial charge in [0.05, 0.1) is 0 Å². The number of amides is 2. The van der Waals surface area contributed by atoms with Crippen LogP contribution >= 0.6 is 11.6 Å². The Morgan fingerprint density at radius 1 is 1.44 bits per heavy atom. The van der Waals surface area contributed by atoms with Gasteiger partial charge in [-0.3, -0.25) is 9.59 Å². The molecule has 5 heteroatoms. The SMILES string of the molecule is CN1C(=O)CCC1C(=O)NCc1ccc(Cl)cc1. The highest BCUT2D eigenvalue weighted by Crippen LogP contribution is 2.16. The summed E-state index contributed by atoms with van der Waals surface area (Å²) in [6.45, 7) is 0.453. The molecule has 0 radical (unpaired) electrons. The van der Waals surface area contributed by atoms with Crippen LogP contribution in [0.15, 0.2) is 24.3 Å². The highest BCUT2D eigenvalue weighted by Gasteiger charge is 2.32. The molecular weight excluding hydrogens is 252 g/mol. The molecule has 1 heterocycles. The second-order valence-electron chi connectivity index (χ2n) is 4.40. The Labute approximate surface area is 111 Å². The zero-order chi connectivity index (χ0) is 13.1. The van der Waals surface area contributed by atoms with Crippen molar-refractivity contribution in [2.45, 2.75) is 25.4 Å². The summed E-state index contributed by atoms with van der Waals surface area (Å²) in [6.07, 6.45) is 1.05. The Morgan fingerprint density at radius 3 is 2.67 bits per heavy atom. The predicted octanol–water partition coefficient (Wildman–Crippen LogP) is 1.58. The number of halogens is 1. The number of carbonyl (C=O) groups excluding carboxylic acids is 2. The maximum atomic E-state index is 11.9. The number of nitrogens with one attached hydrogen (secondary N) is 1. The van der Waals surface area contributed by atoms with Gasteiger partial charge in [0, 0.05) is 25.0 Å². The topological polar surface area (TPSA) is 49.4 Å². The number of rotatable bonds is 3. The normalized spacial score (nSPS) is 19.1. The first-order chi connectivity index (χ1) is 8.58. The number of hydrogen-bond donors (Lipinski definition) is 1.